The van der Waals surface area contributed by atoms with E-state index in [4.69, 9.17) is 16.9 Å². The summed E-state index contributed by atoms with van der Waals surface area (Å²) in [5, 5.41) is 9.27. The van der Waals surface area contributed by atoms with Crippen LogP contribution in [0.4, 0.5) is 14.5 Å². The van der Waals surface area contributed by atoms with E-state index in [1.54, 1.807) is 6.07 Å². The Morgan fingerprint density at radius 1 is 1.12 bits per heavy atom. The van der Waals surface area contributed by atoms with E-state index < -0.39 is 23.4 Å². The van der Waals surface area contributed by atoms with Gasteiger partial charge in [-0.15, -0.1) is 0 Å². The molecule has 0 radical (unpaired) electrons. The van der Waals surface area contributed by atoms with Gasteiger partial charge in [0.25, 0.3) is 0 Å². The molecule has 26 heavy (non-hydrogen) atoms. The molecule has 3 rings (SSSR count). The number of carbonyl (C=O) groups excluding carboxylic acids is 2. The fraction of sp³-hybridized carbons (Fsp3) is 0.167. The topological polar surface area (TPSA) is 64.4 Å². The molecule has 1 saturated heterocycles. The highest BCUT2D eigenvalue weighted by Crippen LogP contribution is 2.26. The van der Waals surface area contributed by atoms with Gasteiger partial charge in [0.1, 0.15) is 23.3 Å². The van der Waals surface area contributed by atoms with Crippen LogP contribution < -0.4 is 4.90 Å². The van der Waals surface area contributed by atoms with Gasteiger partial charge < -0.3 is 9.80 Å². The lowest BCUT2D eigenvalue weighted by Crippen LogP contribution is -2.54. The van der Waals surface area contributed by atoms with E-state index in [-0.39, 0.29) is 35.9 Å². The molecule has 1 heterocycles. The maximum Gasteiger partial charge on any atom is 0.316 e. The van der Waals surface area contributed by atoms with Gasteiger partial charge in [-0.3, -0.25) is 9.59 Å². The Labute approximate surface area is 153 Å². The second kappa shape index (κ2) is 7.10. The quantitative estimate of drug-likeness (QED) is 0.775. The fourth-order valence-electron chi connectivity index (χ4n) is 2.76. The third-order valence-corrected chi connectivity index (χ3v) is 4.43. The van der Waals surface area contributed by atoms with Crippen molar-refractivity contribution in [2.75, 3.05) is 18.0 Å². The monoisotopic (exact) mass is 375 g/mol. The molecule has 0 aromatic heterocycles. The smallest absolute Gasteiger partial charge is 0.316 e. The van der Waals surface area contributed by atoms with Crippen molar-refractivity contribution in [2.45, 2.75) is 6.54 Å². The fourth-order valence-corrected chi connectivity index (χ4v) is 2.99. The van der Waals surface area contributed by atoms with Gasteiger partial charge in [-0.05, 0) is 29.8 Å². The molecule has 0 bridgehead atoms. The Balaban J connectivity index is 1.83. The van der Waals surface area contributed by atoms with Crippen LogP contribution in [-0.4, -0.2) is 29.8 Å². The first-order valence-corrected chi connectivity index (χ1v) is 8.03. The number of nitriles is 1. The zero-order valence-electron chi connectivity index (χ0n) is 13.4. The molecule has 0 aliphatic carbocycles. The van der Waals surface area contributed by atoms with Crippen LogP contribution in [0, 0.1) is 23.0 Å². The molecule has 2 amide bonds. The molecular weight excluding hydrogens is 364 g/mol. The van der Waals surface area contributed by atoms with Gasteiger partial charge in [0.2, 0.25) is 0 Å². The van der Waals surface area contributed by atoms with E-state index in [0.29, 0.717) is 5.56 Å². The lowest BCUT2D eigenvalue weighted by atomic mass is 10.1. The van der Waals surface area contributed by atoms with E-state index in [1.807, 2.05) is 0 Å². The lowest BCUT2D eigenvalue weighted by molar-refractivity contribution is -0.146. The van der Waals surface area contributed by atoms with E-state index >= 15 is 0 Å². The van der Waals surface area contributed by atoms with Gasteiger partial charge in [0.05, 0.1) is 5.69 Å². The molecule has 1 aliphatic heterocycles. The molecular formula is C18H12ClF2N3O2. The molecule has 0 spiro atoms. The third-order valence-electron chi connectivity index (χ3n) is 4.08. The summed E-state index contributed by atoms with van der Waals surface area (Å²) in [6.45, 7) is 0.312. The average Bonchev–Trinajstić information content (AvgIpc) is 2.61. The van der Waals surface area contributed by atoms with Gasteiger partial charge in [0.15, 0.2) is 0 Å². The summed E-state index contributed by atoms with van der Waals surface area (Å²) in [5.41, 5.74) is 0.278. The molecule has 2 aromatic rings. The van der Waals surface area contributed by atoms with E-state index in [0.717, 1.165) is 17.0 Å². The summed E-state index contributed by atoms with van der Waals surface area (Å²) in [7, 11) is 0. The predicted molar refractivity (Wildman–Crippen MR) is 90.3 cm³/mol. The van der Waals surface area contributed by atoms with Crippen LogP contribution in [0.1, 0.15) is 11.1 Å². The highest BCUT2D eigenvalue weighted by Gasteiger charge is 2.35. The molecule has 0 atom stereocenters. The van der Waals surface area contributed by atoms with Gasteiger partial charge in [-0.1, -0.05) is 23.7 Å². The number of hydrogen-bond donors (Lipinski definition) is 0. The van der Waals surface area contributed by atoms with Crippen LogP contribution in [-0.2, 0) is 16.1 Å². The SMILES string of the molecule is N#Cc1c(F)cccc1N1CCN(Cc2ccc(F)cc2Cl)C(=O)C1=O. The Hall–Kier alpha value is -2.98. The number of piperazine rings is 1. The number of hydrogen-bond acceptors (Lipinski definition) is 3. The van der Waals surface area contributed by atoms with Crippen molar-refractivity contribution in [2.24, 2.45) is 0 Å². The predicted octanol–water partition coefficient (Wildman–Crippen LogP) is 2.87. The molecule has 5 nitrogen and oxygen atoms in total. The maximum absolute atomic E-state index is 13.8. The first-order chi connectivity index (χ1) is 12.4. The van der Waals surface area contributed by atoms with Crippen molar-refractivity contribution in [3.63, 3.8) is 0 Å². The van der Waals surface area contributed by atoms with Crippen LogP contribution in [0.25, 0.3) is 0 Å². The molecule has 1 fully saturated rings. The summed E-state index contributed by atoms with van der Waals surface area (Å²) in [5.74, 6) is -2.92. The number of amides is 2. The molecule has 1 aliphatic rings. The van der Waals surface area contributed by atoms with Crippen molar-refractivity contribution in [1.82, 2.24) is 4.90 Å². The van der Waals surface area contributed by atoms with Crippen LogP contribution in [0.5, 0.6) is 0 Å². The summed E-state index contributed by atoms with van der Waals surface area (Å²) >= 11 is 5.96. The average molecular weight is 376 g/mol. The number of benzene rings is 2. The number of anilines is 1. The molecule has 0 N–H and O–H groups in total. The van der Waals surface area contributed by atoms with Crippen LogP contribution in [0.2, 0.25) is 5.02 Å². The molecule has 132 valence electrons. The van der Waals surface area contributed by atoms with E-state index in [1.165, 1.54) is 29.2 Å². The molecule has 8 heteroatoms. The number of halogens is 3. The Morgan fingerprint density at radius 2 is 1.88 bits per heavy atom. The summed E-state index contributed by atoms with van der Waals surface area (Å²) in [6.07, 6.45) is 0. The minimum atomic E-state index is -0.864. The highest BCUT2D eigenvalue weighted by molar-refractivity contribution is 6.41. The largest absolute Gasteiger partial charge is 0.328 e. The van der Waals surface area contributed by atoms with Gasteiger partial charge in [0, 0.05) is 24.7 Å². The second-order valence-corrected chi connectivity index (χ2v) is 6.07. The van der Waals surface area contributed by atoms with Crippen molar-refractivity contribution in [3.05, 3.63) is 64.2 Å². The van der Waals surface area contributed by atoms with E-state index in [2.05, 4.69) is 0 Å². The van der Waals surface area contributed by atoms with Crippen LogP contribution in [0.15, 0.2) is 36.4 Å². The normalized spacial score (nSPS) is 14.5. The number of rotatable bonds is 3. The van der Waals surface area contributed by atoms with Crippen LogP contribution >= 0.6 is 11.6 Å². The van der Waals surface area contributed by atoms with Gasteiger partial charge in [-0.25, -0.2) is 8.78 Å². The minimum absolute atomic E-state index is 0.0474. The van der Waals surface area contributed by atoms with E-state index in [9.17, 15) is 18.4 Å². The minimum Gasteiger partial charge on any atom is -0.328 e. The van der Waals surface area contributed by atoms with Crippen molar-refractivity contribution < 1.29 is 18.4 Å². The van der Waals surface area contributed by atoms with Gasteiger partial charge >= 0.3 is 11.8 Å². The van der Waals surface area contributed by atoms with Crippen molar-refractivity contribution in [3.8, 4) is 6.07 Å². The molecule has 0 unspecified atom stereocenters. The second-order valence-electron chi connectivity index (χ2n) is 5.66. The van der Waals surface area contributed by atoms with Gasteiger partial charge in [-0.2, -0.15) is 5.26 Å². The van der Waals surface area contributed by atoms with Crippen LogP contribution in [0.3, 0.4) is 0 Å². The van der Waals surface area contributed by atoms with Crippen molar-refractivity contribution in [1.29, 1.82) is 5.26 Å². The first kappa shape index (κ1) is 17.8. The first-order valence-electron chi connectivity index (χ1n) is 7.65. The number of carbonyl (C=O) groups is 2. The standard InChI is InChI=1S/C18H12ClF2N3O2/c19-14-8-12(20)5-4-11(14)10-23-6-7-24(18(26)17(23)25)16-3-1-2-15(21)13(16)9-22/h1-5,8H,6-7,10H2. The molecule has 2 aromatic carbocycles. The Morgan fingerprint density at radius 3 is 2.58 bits per heavy atom. The van der Waals surface area contributed by atoms with Crippen molar-refractivity contribution >= 4 is 29.1 Å². The lowest BCUT2D eigenvalue weighted by Gasteiger charge is -2.34. The molecule has 0 saturated carbocycles. The summed E-state index contributed by atoms with van der Waals surface area (Å²) < 4.78 is 26.9. The maximum atomic E-state index is 13.8. The summed E-state index contributed by atoms with van der Waals surface area (Å²) in [6, 6.07) is 9.41. The Bertz CT molecular complexity index is 943. The third kappa shape index (κ3) is 3.24. The number of nitrogens with zero attached hydrogens (tertiary/aromatic N) is 3. The highest BCUT2D eigenvalue weighted by atomic mass is 35.5. The zero-order valence-corrected chi connectivity index (χ0v) is 14.1. The summed E-state index contributed by atoms with van der Waals surface area (Å²) in [4.78, 5) is 27.2. The zero-order chi connectivity index (χ0) is 18.8. The Kier molecular flexibility index (Phi) is 4.87.